The normalized spacial score (nSPS) is 12.0. The monoisotopic (exact) mass is 301 g/mol. The Kier molecular flexibility index (Phi) is 4.30. The van der Waals surface area contributed by atoms with E-state index in [1.807, 2.05) is 18.2 Å². The van der Waals surface area contributed by atoms with Crippen LogP contribution in [0.2, 0.25) is 0 Å². The van der Waals surface area contributed by atoms with Crippen LogP contribution in [0.1, 0.15) is 20.8 Å². The van der Waals surface area contributed by atoms with Crippen molar-refractivity contribution in [3.05, 3.63) is 36.9 Å². The van der Waals surface area contributed by atoms with Crippen LogP contribution in [-0.2, 0) is 11.3 Å². The third-order valence-electron chi connectivity index (χ3n) is 2.85. The number of aromatic hydroxyl groups is 1. The highest BCUT2D eigenvalue weighted by Crippen LogP contribution is 2.38. The van der Waals surface area contributed by atoms with Crippen molar-refractivity contribution >= 4 is 22.7 Å². The Balaban J connectivity index is 2.41. The van der Waals surface area contributed by atoms with Gasteiger partial charge >= 0.3 is 6.09 Å². The van der Waals surface area contributed by atoms with Gasteiger partial charge in [-0.05, 0) is 26.8 Å². The van der Waals surface area contributed by atoms with E-state index >= 15 is 0 Å². The second kappa shape index (κ2) is 6.01. The summed E-state index contributed by atoms with van der Waals surface area (Å²) in [6, 6.07) is 7.34. The number of allylic oxidation sites excluding steroid dienone is 1. The van der Waals surface area contributed by atoms with Gasteiger partial charge in [-0.3, -0.25) is 0 Å². The van der Waals surface area contributed by atoms with Gasteiger partial charge in [0.2, 0.25) is 5.88 Å². The molecule has 116 valence electrons. The fourth-order valence-corrected chi connectivity index (χ4v) is 2.06. The van der Waals surface area contributed by atoms with E-state index in [4.69, 9.17) is 4.74 Å². The van der Waals surface area contributed by atoms with Crippen molar-refractivity contribution in [3.63, 3.8) is 0 Å². The number of hydrogen-bond acceptors (Lipinski definition) is 4. The molecule has 0 radical (unpaired) electrons. The van der Waals surface area contributed by atoms with Gasteiger partial charge < -0.3 is 14.4 Å². The summed E-state index contributed by atoms with van der Waals surface area (Å²) in [5.74, 6) is -0.0617. The van der Waals surface area contributed by atoms with Gasteiger partial charge in [-0.25, -0.2) is 4.79 Å². The number of ether oxygens (including phenoxy) is 1. The maximum Gasteiger partial charge on any atom is 0.452 e. The summed E-state index contributed by atoms with van der Waals surface area (Å²) in [5.41, 5.74) is 0.385. The molecule has 0 fully saturated rings. The number of rotatable bonds is 3. The molecular weight excluding hydrogens is 282 g/mol. The highest BCUT2D eigenvalue weighted by Gasteiger charge is 2.18. The van der Waals surface area contributed by atoms with Gasteiger partial charge in [-0.15, -0.1) is 11.7 Å². The van der Waals surface area contributed by atoms with Gasteiger partial charge in [-0.1, -0.05) is 29.4 Å². The largest absolute Gasteiger partial charge is 0.493 e. The molecule has 2 aromatic rings. The number of azo groups is 1. The summed E-state index contributed by atoms with van der Waals surface area (Å²) < 4.78 is 6.71. The van der Waals surface area contributed by atoms with Gasteiger partial charge in [0.25, 0.3) is 0 Å². The molecule has 22 heavy (non-hydrogen) atoms. The summed E-state index contributed by atoms with van der Waals surface area (Å²) >= 11 is 0. The predicted molar refractivity (Wildman–Crippen MR) is 84.5 cm³/mol. The van der Waals surface area contributed by atoms with Gasteiger partial charge in [0.1, 0.15) is 5.60 Å². The number of carbonyl (C=O) groups is 1. The molecule has 1 amide bonds. The first-order valence-electron chi connectivity index (χ1n) is 6.89. The summed E-state index contributed by atoms with van der Waals surface area (Å²) in [4.78, 5) is 11.6. The van der Waals surface area contributed by atoms with E-state index in [-0.39, 0.29) is 11.6 Å². The van der Waals surface area contributed by atoms with Crippen molar-refractivity contribution in [3.8, 4) is 5.88 Å². The van der Waals surface area contributed by atoms with Crippen LogP contribution in [0, 0.1) is 0 Å². The molecule has 0 saturated heterocycles. The topological polar surface area (TPSA) is 76.2 Å². The van der Waals surface area contributed by atoms with Crippen molar-refractivity contribution in [2.24, 2.45) is 10.2 Å². The van der Waals surface area contributed by atoms with E-state index in [1.54, 1.807) is 37.5 Å². The van der Waals surface area contributed by atoms with Crippen molar-refractivity contribution in [2.45, 2.75) is 32.9 Å². The van der Waals surface area contributed by atoms with E-state index in [2.05, 4.69) is 16.8 Å². The molecule has 0 unspecified atom stereocenters. The second-order valence-electron chi connectivity index (χ2n) is 5.77. The average molecular weight is 301 g/mol. The van der Waals surface area contributed by atoms with Gasteiger partial charge in [0.05, 0.1) is 5.52 Å². The molecule has 0 bridgehead atoms. The number of fused-ring (bicyclic) bond motifs is 1. The maximum atomic E-state index is 11.6. The molecule has 1 aromatic carbocycles. The lowest BCUT2D eigenvalue weighted by Gasteiger charge is -2.16. The van der Waals surface area contributed by atoms with Crippen molar-refractivity contribution in [2.75, 3.05) is 0 Å². The third-order valence-corrected chi connectivity index (χ3v) is 2.85. The van der Waals surface area contributed by atoms with Crippen LogP contribution in [-0.4, -0.2) is 21.4 Å². The molecule has 0 aliphatic carbocycles. The van der Waals surface area contributed by atoms with Crippen molar-refractivity contribution < 1.29 is 14.6 Å². The number of nitrogens with zero attached hydrogens (tertiary/aromatic N) is 3. The Morgan fingerprint density at radius 3 is 2.73 bits per heavy atom. The quantitative estimate of drug-likeness (QED) is 0.667. The van der Waals surface area contributed by atoms with E-state index in [0.717, 1.165) is 5.52 Å². The number of aromatic nitrogens is 1. The van der Waals surface area contributed by atoms with E-state index in [1.165, 1.54) is 0 Å². The zero-order valence-electron chi connectivity index (χ0n) is 12.9. The fourth-order valence-electron chi connectivity index (χ4n) is 2.06. The zero-order chi connectivity index (χ0) is 16.3. The highest BCUT2D eigenvalue weighted by atomic mass is 16.6. The highest BCUT2D eigenvalue weighted by molar-refractivity contribution is 5.95. The molecule has 1 N–H and O–H groups in total. The Morgan fingerprint density at radius 1 is 1.41 bits per heavy atom. The summed E-state index contributed by atoms with van der Waals surface area (Å²) in [6.07, 6.45) is 0.869. The van der Waals surface area contributed by atoms with Crippen LogP contribution in [0.5, 0.6) is 5.88 Å². The minimum absolute atomic E-state index is 0.0617. The fraction of sp³-hybridized carbons (Fsp3) is 0.312. The predicted octanol–water partition coefficient (Wildman–Crippen LogP) is 4.55. The minimum Gasteiger partial charge on any atom is -0.493 e. The van der Waals surface area contributed by atoms with Crippen LogP contribution in [0.4, 0.5) is 10.5 Å². The van der Waals surface area contributed by atoms with Crippen molar-refractivity contribution in [1.29, 1.82) is 0 Å². The zero-order valence-corrected chi connectivity index (χ0v) is 12.9. The van der Waals surface area contributed by atoms with Crippen LogP contribution >= 0.6 is 0 Å². The molecule has 1 heterocycles. The first kappa shape index (κ1) is 15.8. The van der Waals surface area contributed by atoms with Crippen LogP contribution in [0.25, 0.3) is 10.9 Å². The number of benzene rings is 1. The molecule has 0 aliphatic heterocycles. The molecule has 6 nitrogen and oxygen atoms in total. The van der Waals surface area contributed by atoms with E-state index < -0.39 is 11.7 Å². The minimum atomic E-state index is -0.799. The Morgan fingerprint density at radius 2 is 2.09 bits per heavy atom. The first-order valence-corrected chi connectivity index (χ1v) is 6.89. The van der Waals surface area contributed by atoms with Gasteiger partial charge in [0.15, 0.2) is 5.69 Å². The average Bonchev–Trinajstić information content (AvgIpc) is 2.68. The molecule has 6 heteroatoms. The van der Waals surface area contributed by atoms with Crippen molar-refractivity contribution in [1.82, 2.24) is 4.57 Å². The second-order valence-corrected chi connectivity index (χ2v) is 5.77. The molecule has 1 aromatic heterocycles. The van der Waals surface area contributed by atoms with Gasteiger partial charge in [-0.2, -0.15) is 0 Å². The standard InChI is InChI=1S/C16H19N3O3/c1-5-10-19-12-9-7-6-8-11(12)13(14(19)20)17-18-15(21)22-16(2,3)4/h5-9,20H,1,10H2,2-4H3. The summed E-state index contributed by atoms with van der Waals surface area (Å²) in [7, 11) is 0. The number of amides is 1. The van der Waals surface area contributed by atoms with Crippen LogP contribution in [0.3, 0.4) is 0 Å². The Bertz CT molecular complexity index is 739. The smallest absolute Gasteiger partial charge is 0.452 e. The number of carbonyl (C=O) groups excluding carboxylic acids is 1. The molecule has 0 spiro atoms. The van der Waals surface area contributed by atoms with Crippen LogP contribution in [0.15, 0.2) is 47.1 Å². The lowest BCUT2D eigenvalue weighted by atomic mass is 10.2. The molecule has 0 saturated carbocycles. The Hall–Kier alpha value is -2.63. The van der Waals surface area contributed by atoms with E-state index in [9.17, 15) is 9.90 Å². The molecule has 0 aliphatic rings. The number of para-hydroxylation sites is 1. The number of hydrogen-bond donors (Lipinski definition) is 1. The third kappa shape index (κ3) is 3.33. The molecule has 2 rings (SSSR count). The molecular formula is C16H19N3O3. The van der Waals surface area contributed by atoms with Crippen LogP contribution < -0.4 is 0 Å². The maximum absolute atomic E-state index is 11.6. The van der Waals surface area contributed by atoms with E-state index in [0.29, 0.717) is 11.9 Å². The SMILES string of the molecule is C=CCn1c(O)c(N=NC(=O)OC(C)(C)C)c2ccccc21. The summed E-state index contributed by atoms with van der Waals surface area (Å²) in [5, 5.41) is 18.4. The molecule has 0 atom stereocenters. The summed E-state index contributed by atoms with van der Waals surface area (Å²) in [6.45, 7) is 9.32. The Labute approximate surface area is 128 Å². The van der Waals surface area contributed by atoms with Gasteiger partial charge in [0, 0.05) is 11.9 Å². The lowest BCUT2D eigenvalue weighted by molar-refractivity contribution is 0.0592. The first-order chi connectivity index (χ1) is 10.3. The lowest BCUT2D eigenvalue weighted by Crippen LogP contribution is -2.21.